The summed E-state index contributed by atoms with van der Waals surface area (Å²) in [5, 5.41) is 22.9. The van der Waals surface area contributed by atoms with Crippen molar-refractivity contribution in [3.8, 4) is 23.0 Å². The maximum Gasteiger partial charge on any atom is 0.167 e. The van der Waals surface area contributed by atoms with Crippen molar-refractivity contribution >= 4 is 11.5 Å². The lowest BCUT2D eigenvalue weighted by atomic mass is 9.84. The van der Waals surface area contributed by atoms with Gasteiger partial charge in [0.25, 0.3) is 0 Å². The molecule has 2 aromatic carbocycles. The largest absolute Gasteiger partial charge is 0.369 e. The van der Waals surface area contributed by atoms with Gasteiger partial charge in [-0.3, -0.25) is 9.48 Å². The highest BCUT2D eigenvalue weighted by Crippen LogP contribution is 2.30. The number of rotatable bonds is 7. The van der Waals surface area contributed by atoms with E-state index in [9.17, 15) is 10.1 Å². The van der Waals surface area contributed by atoms with E-state index in [4.69, 9.17) is 0 Å². The quantitative estimate of drug-likeness (QED) is 0.326. The van der Waals surface area contributed by atoms with Gasteiger partial charge >= 0.3 is 0 Å². The molecule has 0 atom stereocenters. The Morgan fingerprint density at radius 2 is 1.80 bits per heavy atom. The van der Waals surface area contributed by atoms with Gasteiger partial charge in [0.1, 0.15) is 5.69 Å². The van der Waals surface area contributed by atoms with Crippen molar-refractivity contribution in [1.29, 1.82) is 5.26 Å². The van der Waals surface area contributed by atoms with Crippen LogP contribution < -0.4 is 4.90 Å². The van der Waals surface area contributed by atoms with Crippen LogP contribution in [0.4, 0.5) is 5.69 Å². The van der Waals surface area contributed by atoms with Crippen LogP contribution in [-0.4, -0.2) is 68.7 Å². The topological polar surface area (TPSA) is 95.9 Å². The molecular formula is C31H36N8O. The third kappa shape index (κ3) is 5.40. The van der Waals surface area contributed by atoms with Crippen molar-refractivity contribution in [3.63, 3.8) is 0 Å². The van der Waals surface area contributed by atoms with Crippen LogP contribution in [-0.2, 0) is 18.9 Å². The number of hydrogen-bond acceptors (Lipinski definition) is 7. The second kappa shape index (κ2) is 10.7. The van der Waals surface area contributed by atoms with Gasteiger partial charge in [-0.15, -0.1) is 5.10 Å². The number of aryl methyl sites for hydroxylation is 2. The number of likely N-dealkylation sites (N-methyl/N-ethyl adjacent to an activating group) is 1. The number of Topliss-reactive ketones (excluding diaryl/α,β-unsaturated/α-hetero) is 1. The van der Waals surface area contributed by atoms with E-state index in [1.807, 2.05) is 76.0 Å². The van der Waals surface area contributed by atoms with Crippen molar-refractivity contribution in [2.24, 2.45) is 7.05 Å². The van der Waals surface area contributed by atoms with E-state index in [1.165, 1.54) is 0 Å². The second-order valence-corrected chi connectivity index (χ2v) is 11.3. The molecule has 2 aromatic heterocycles. The molecule has 0 unspecified atom stereocenters. The van der Waals surface area contributed by atoms with Crippen LogP contribution in [0.15, 0.2) is 48.8 Å². The van der Waals surface area contributed by atoms with Crippen LogP contribution in [0.25, 0.3) is 16.9 Å². The van der Waals surface area contributed by atoms with E-state index < -0.39 is 5.41 Å². The molecular weight excluding hydrogens is 500 g/mol. The Morgan fingerprint density at radius 1 is 1.05 bits per heavy atom. The van der Waals surface area contributed by atoms with Gasteiger partial charge in [0.05, 0.1) is 29.6 Å². The van der Waals surface area contributed by atoms with Crippen LogP contribution in [0.5, 0.6) is 0 Å². The van der Waals surface area contributed by atoms with E-state index in [-0.39, 0.29) is 12.2 Å². The lowest BCUT2D eigenvalue weighted by Crippen LogP contribution is -2.44. The van der Waals surface area contributed by atoms with Gasteiger partial charge in [-0.25, -0.2) is 4.68 Å². The minimum atomic E-state index is -0.702. The fourth-order valence-corrected chi connectivity index (χ4v) is 5.00. The number of benzene rings is 2. The van der Waals surface area contributed by atoms with Gasteiger partial charge in [0.15, 0.2) is 5.78 Å². The monoisotopic (exact) mass is 536 g/mol. The summed E-state index contributed by atoms with van der Waals surface area (Å²) in [7, 11) is 4.02. The van der Waals surface area contributed by atoms with Crippen LogP contribution in [0.2, 0.25) is 0 Å². The van der Waals surface area contributed by atoms with Crippen LogP contribution >= 0.6 is 0 Å². The van der Waals surface area contributed by atoms with E-state index in [1.54, 1.807) is 10.9 Å². The van der Waals surface area contributed by atoms with Gasteiger partial charge in [0, 0.05) is 62.2 Å². The zero-order valence-corrected chi connectivity index (χ0v) is 24.1. The molecule has 4 aromatic rings. The predicted octanol–water partition coefficient (Wildman–Crippen LogP) is 4.26. The average Bonchev–Trinajstić information content (AvgIpc) is 3.56. The fraction of sp³-hybridized carbons (Fsp3) is 0.387. The number of aromatic nitrogens is 5. The molecule has 1 aliphatic rings. The van der Waals surface area contributed by atoms with Gasteiger partial charge in [0.2, 0.25) is 0 Å². The highest BCUT2D eigenvalue weighted by molar-refractivity contribution is 5.98. The number of carbonyl (C=O) groups excluding carboxylic acids is 1. The van der Waals surface area contributed by atoms with Gasteiger partial charge in [-0.05, 0) is 75.7 Å². The molecule has 9 heteroatoms. The predicted molar refractivity (Wildman–Crippen MR) is 156 cm³/mol. The van der Waals surface area contributed by atoms with Gasteiger partial charge < -0.3 is 9.80 Å². The third-order valence-corrected chi connectivity index (χ3v) is 8.00. The molecule has 1 fully saturated rings. The highest BCUT2D eigenvalue weighted by Gasteiger charge is 2.25. The molecule has 1 saturated heterocycles. The number of carbonyl (C=O) groups is 1. The Kier molecular flexibility index (Phi) is 7.30. The standard InChI is InChI=1S/C31H36N8O/c1-21-7-8-23(13-29(21)39-19-28(34-35-39)27-18-33-37(6)22(27)2)14-30(40)24-15-25(31(3,4)20-32)17-26(16-24)38-11-9-36(5)10-12-38/h7-8,13,15-19H,9-12,14H2,1-6H3. The first-order valence-corrected chi connectivity index (χ1v) is 13.6. The summed E-state index contributed by atoms with van der Waals surface area (Å²) in [4.78, 5) is 18.3. The van der Waals surface area contributed by atoms with Crippen molar-refractivity contribution in [2.75, 3.05) is 38.1 Å². The third-order valence-electron chi connectivity index (χ3n) is 8.00. The summed E-state index contributed by atoms with van der Waals surface area (Å²) in [5.74, 6) is 0.0195. The van der Waals surface area contributed by atoms with Gasteiger partial charge in [-0.1, -0.05) is 17.3 Å². The lowest BCUT2D eigenvalue weighted by molar-refractivity contribution is 0.0993. The molecule has 0 saturated carbocycles. The van der Waals surface area contributed by atoms with Crippen molar-refractivity contribution in [1.82, 2.24) is 29.7 Å². The number of nitriles is 1. The van der Waals surface area contributed by atoms with Crippen LogP contribution in [0, 0.1) is 25.2 Å². The number of ketones is 1. The molecule has 0 N–H and O–H groups in total. The zero-order valence-electron chi connectivity index (χ0n) is 24.1. The molecule has 1 aliphatic heterocycles. The first kappa shape index (κ1) is 27.3. The molecule has 0 spiro atoms. The lowest BCUT2D eigenvalue weighted by Gasteiger charge is -2.35. The van der Waals surface area contributed by atoms with Crippen LogP contribution in [0.1, 0.15) is 46.6 Å². The summed E-state index contributed by atoms with van der Waals surface area (Å²) >= 11 is 0. The fourth-order valence-electron chi connectivity index (χ4n) is 5.00. The molecule has 40 heavy (non-hydrogen) atoms. The summed E-state index contributed by atoms with van der Waals surface area (Å²) < 4.78 is 3.57. The van der Waals surface area contributed by atoms with E-state index in [0.29, 0.717) is 5.56 Å². The van der Waals surface area contributed by atoms with Crippen molar-refractivity contribution in [3.05, 3.63) is 76.7 Å². The summed E-state index contributed by atoms with van der Waals surface area (Å²) in [5.41, 5.74) is 7.30. The minimum Gasteiger partial charge on any atom is -0.369 e. The first-order chi connectivity index (χ1) is 19.1. The highest BCUT2D eigenvalue weighted by atomic mass is 16.1. The summed E-state index contributed by atoms with van der Waals surface area (Å²) in [6, 6.07) is 14.4. The van der Waals surface area contributed by atoms with Crippen LogP contribution in [0.3, 0.4) is 0 Å². The SMILES string of the molecule is Cc1ccc(CC(=O)c2cc(N3CCN(C)CC3)cc(C(C)(C)C#N)c2)cc1-n1cc(-c2cnn(C)c2C)nn1. The molecule has 3 heterocycles. The summed E-state index contributed by atoms with van der Waals surface area (Å²) in [6.07, 6.45) is 3.94. The second-order valence-electron chi connectivity index (χ2n) is 11.3. The number of piperazine rings is 1. The molecule has 206 valence electrons. The van der Waals surface area contributed by atoms with E-state index in [0.717, 1.165) is 71.2 Å². The van der Waals surface area contributed by atoms with E-state index >= 15 is 0 Å². The Bertz CT molecular complexity index is 1600. The normalized spacial score (nSPS) is 14.4. The smallest absolute Gasteiger partial charge is 0.167 e. The molecule has 0 radical (unpaired) electrons. The molecule has 5 rings (SSSR count). The Morgan fingerprint density at radius 3 is 2.48 bits per heavy atom. The summed E-state index contributed by atoms with van der Waals surface area (Å²) in [6.45, 7) is 11.5. The molecule has 0 aliphatic carbocycles. The minimum absolute atomic E-state index is 0.0195. The Labute approximate surface area is 235 Å². The number of nitrogens with zero attached hydrogens (tertiary/aromatic N) is 8. The van der Waals surface area contributed by atoms with Gasteiger partial charge in [-0.2, -0.15) is 10.4 Å². The molecule has 0 amide bonds. The molecule has 9 nitrogen and oxygen atoms in total. The maximum absolute atomic E-state index is 13.7. The van der Waals surface area contributed by atoms with Crippen molar-refractivity contribution < 1.29 is 4.79 Å². The Balaban J connectivity index is 1.43. The van der Waals surface area contributed by atoms with Crippen molar-refractivity contribution in [2.45, 2.75) is 39.5 Å². The number of hydrogen-bond donors (Lipinski definition) is 0. The number of anilines is 1. The average molecular weight is 537 g/mol. The van der Waals surface area contributed by atoms with E-state index in [2.05, 4.69) is 44.4 Å². The Hall–Kier alpha value is -4.29. The zero-order chi connectivity index (χ0) is 28.6. The molecule has 0 bridgehead atoms. The first-order valence-electron chi connectivity index (χ1n) is 13.6. The maximum atomic E-state index is 13.7.